The molecule has 1 saturated heterocycles. The summed E-state index contributed by atoms with van der Waals surface area (Å²) < 4.78 is 0. The van der Waals surface area contributed by atoms with Gasteiger partial charge in [0.05, 0.1) is 0 Å². The van der Waals surface area contributed by atoms with E-state index < -0.39 is 0 Å². The van der Waals surface area contributed by atoms with Gasteiger partial charge in [-0.3, -0.25) is 4.90 Å². The first-order valence-corrected chi connectivity index (χ1v) is 8.99. The number of rotatable bonds is 3. The molecule has 0 bridgehead atoms. The summed E-state index contributed by atoms with van der Waals surface area (Å²) in [4.78, 5) is 4.28. The fraction of sp³-hybridized carbons (Fsp3) is 0.714. The first-order valence-electron chi connectivity index (χ1n) is 6.96. The normalized spacial score (nSPS) is 29.2. The average Bonchev–Trinajstić information content (AvgIpc) is 2.88. The van der Waals surface area contributed by atoms with Crippen LogP contribution in [0.5, 0.6) is 0 Å². The fourth-order valence-electron chi connectivity index (χ4n) is 2.99. The maximum Gasteiger partial charge on any atom is 0.0331 e. The minimum Gasteiger partial charge on any atom is -0.312 e. The van der Waals surface area contributed by atoms with Gasteiger partial charge >= 0.3 is 0 Å². The minimum atomic E-state index is 0.622. The van der Waals surface area contributed by atoms with Crippen molar-refractivity contribution >= 4 is 23.1 Å². The number of hydrogen-bond acceptors (Lipinski definition) is 4. The molecule has 0 spiro atoms. The van der Waals surface area contributed by atoms with E-state index in [0.29, 0.717) is 6.04 Å². The summed E-state index contributed by atoms with van der Waals surface area (Å²) in [6.07, 6.45) is 2.56. The SMILES string of the molecule is CC1c2ccsc2CCN1CCC1CSCCN1. The molecule has 2 aliphatic heterocycles. The van der Waals surface area contributed by atoms with Crippen LogP contribution < -0.4 is 5.32 Å². The molecule has 0 amide bonds. The molecule has 100 valence electrons. The quantitative estimate of drug-likeness (QED) is 0.918. The Kier molecular flexibility index (Phi) is 4.29. The first-order chi connectivity index (χ1) is 8.84. The molecule has 2 atom stereocenters. The van der Waals surface area contributed by atoms with Crippen LogP contribution in [-0.2, 0) is 6.42 Å². The number of thioether (sulfide) groups is 1. The van der Waals surface area contributed by atoms with Crippen LogP contribution in [0.2, 0.25) is 0 Å². The average molecular weight is 282 g/mol. The molecule has 4 heteroatoms. The van der Waals surface area contributed by atoms with E-state index in [-0.39, 0.29) is 0 Å². The minimum absolute atomic E-state index is 0.622. The summed E-state index contributed by atoms with van der Waals surface area (Å²) in [6, 6.07) is 3.68. The molecule has 2 nitrogen and oxygen atoms in total. The third-order valence-electron chi connectivity index (χ3n) is 4.17. The highest BCUT2D eigenvalue weighted by Gasteiger charge is 2.25. The van der Waals surface area contributed by atoms with E-state index in [1.807, 2.05) is 11.3 Å². The van der Waals surface area contributed by atoms with E-state index in [1.165, 1.54) is 44.0 Å². The summed E-state index contributed by atoms with van der Waals surface area (Å²) in [5.41, 5.74) is 1.58. The fourth-order valence-corrected chi connectivity index (χ4v) is 4.95. The zero-order valence-electron chi connectivity index (χ0n) is 11.0. The molecule has 0 radical (unpaired) electrons. The van der Waals surface area contributed by atoms with Crippen LogP contribution in [0.1, 0.15) is 29.8 Å². The van der Waals surface area contributed by atoms with Gasteiger partial charge in [0.2, 0.25) is 0 Å². The zero-order chi connectivity index (χ0) is 12.4. The van der Waals surface area contributed by atoms with Crippen molar-refractivity contribution in [1.29, 1.82) is 0 Å². The van der Waals surface area contributed by atoms with Crippen LogP contribution in [0.4, 0.5) is 0 Å². The van der Waals surface area contributed by atoms with Crippen molar-refractivity contribution in [2.24, 2.45) is 0 Å². The lowest BCUT2D eigenvalue weighted by Gasteiger charge is -2.35. The monoisotopic (exact) mass is 282 g/mol. The number of fused-ring (bicyclic) bond motifs is 1. The van der Waals surface area contributed by atoms with Crippen molar-refractivity contribution in [3.05, 3.63) is 21.9 Å². The highest BCUT2D eigenvalue weighted by Crippen LogP contribution is 2.32. The second-order valence-corrected chi connectivity index (χ2v) is 7.43. The molecule has 1 fully saturated rings. The van der Waals surface area contributed by atoms with E-state index in [0.717, 1.165) is 6.04 Å². The van der Waals surface area contributed by atoms with E-state index >= 15 is 0 Å². The van der Waals surface area contributed by atoms with Crippen LogP contribution in [0.15, 0.2) is 11.4 Å². The van der Waals surface area contributed by atoms with E-state index in [9.17, 15) is 0 Å². The van der Waals surface area contributed by atoms with Crippen molar-refractivity contribution in [2.45, 2.75) is 31.8 Å². The van der Waals surface area contributed by atoms with Gasteiger partial charge < -0.3 is 5.32 Å². The van der Waals surface area contributed by atoms with Crippen molar-refractivity contribution in [1.82, 2.24) is 10.2 Å². The molecule has 0 aliphatic carbocycles. The number of thiophene rings is 1. The highest BCUT2D eigenvalue weighted by atomic mass is 32.2. The molecule has 1 aromatic heterocycles. The number of hydrogen-bond donors (Lipinski definition) is 1. The maximum atomic E-state index is 3.64. The van der Waals surface area contributed by atoms with Gasteiger partial charge in [0.15, 0.2) is 0 Å². The Morgan fingerprint density at radius 2 is 2.44 bits per heavy atom. The van der Waals surface area contributed by atoms with Crippen LogP contribution >= 0.6 is 23.1 Å². The van der Waals surface area contributed by atoms with Gasteiger partial charge in [0, 0.05) is 48.1 Å². The van der Waals surface area contributed by atoms with E-state index in [1.54, 1.807) is 10.4 Å². The molecule has 3 rings (SSSR count). The van der Waals surface area contributed by atoms with Gasteiger partial charge in [-0.15, -0.1) is 11.3 Å². The Balaban J connectivity index is 1.54. The third-order valence-corrected chi connectivity index (χ3v) is 6.29. The molecular weight excluding hydrogens is 260 g/mol. The van der Waals surface area contributed by atoms with E-state index in [2.05, 4.69) is 40.3 Å². The lowest BCUT2D eigenvalue weighted by molar-refractivity contribution is 0.191. The number of nitrogens with zero attached hydrogens (tertiary/aromatic N) is 1. The molecule has 0 saturated carbocycles. The van der Waals surface area contributed by atoms with E-state index in [4.69, 9.17) is 0 Å². The van der Waals surface area contributed by atoms with Crippen molar-refractivity contribution in [3.63, 3.8) is 0 Å². The third kappa shape index (κ3) is 2.77. The maximum absolute atomic E-state index is 3.64. The lowest BCUT2D eigenvalue weighted by atomic mass is 10.0. The van der Waals surface area contributed by atoms with Crippen LogP contribution in [0.25, 0.3) is 0 Å². The van der Waals surface area contributed by atoms with Crippen molar-refractivity contribution in [2.75, 3.05) is 31.1 Å². The van der Waals surface area contributed by atoms with Crippen molar-refractivity contribution in [3.8, 4) is 0 Å². The van der Waals surface area contributed by atoms with Gasteiger partial charge in [-0.05, 0) is 36.8 Å². The Morgan fingerprint density at radius 1 is 1.50 bits per heavy atom. The smallest absolute Gasteiger partial charge is 0.0331 e. The topological polar surface area (TPSA) is 15.3 Å². The van der Waals surface area contributed by atoms with Crippen LogP contribution in [0.3, 0.4) is 0 Å². The Bertz CT molecular complexity index is 385. The standard InChI is InChI=1S/C14H22N2S2/c1-11-13-4-8-18-14(13)3-7-16(11)6-2-12-10-17-9-5-15-12/h4,8,11-12,15H,2-3,5-7,9-10H2,1H3. The molecule has 1 N–H and O–H groups in total. The summed E-state index contributed by atoms with van der Waals surface area (Å²) in [6.45, 7) is 6.05. The molecule has 2 unspecified atom stereocenters. The summed E-state index contributed by atoms with van der Waals surface area (Å²) >= 11 is 4.04. The summed E-state index contributed by atoms with van der Waals surface area (Å²) in [5.74, 6) is 2.58. The van der Waals surface area contributed by atoms with Gasteiger partial charge in [-0.1, -0.05) is 0 Å². The predicted molar refractivity (Wildman–Crippen MR) is 81.7 cm³/mol. The first kappa shape index (κ1) is 13.0. The number of nitrogens with one attached hydrogen (secondary N) is 1. The summed E-state index contributed by atoms with van der Waals surface area (Å²) in [7, 11) is 0. The predicted octanol–water partition coefficient (Wildman–Crippen LogP) is 2.76. The zero-order valence-corrected chi connectivity index (χ0v) is 12.7. The van der Waals surface area contributed by atoms with Gasteiger partial charge in [-0.2, -0.15) is 11.8 Å². The van der Waals surface area contributed by atoms with Crippen LogP contribution in [0, 0.1) is 0 Å². The molecule has 0 aromatic carbocycles. The van der Waals surface area contributed by atoms with Gasteiger partial charge in [0.25, 0.3) is 0 Å². The van der Waals surface area contributed by atoms with Gasteiger partial charge in [0.1, 0.15) is 0 Å². The Morgan fingerprint density at radius 3 is 3.28 bits per heavy atom. The largest absolute Gasteiger partial charge is 0.312 e. The molecular formula is C14H22N2S2. The molecule has 18 heavy (non-hydrogen) atoms. The Hall–Kier alpha value is -0.0300. The highest BCUT2D eigenvalue weighted by molar-refractivity contribution is 7.99. The second-order valence-electron chi connectivity index (χ2n) is 5.28. The molecule has 3 heterocycles. The Labute approximate surface area is 118 Å². The molecule has 2 aliphatic rings. The second kappa shape index (κ2) is 5.95. The van der Waals surface area contributed by atoms with Gasteiger partial charge in [-0.25, -0.2) is 0 Å². The molecule has 1 aromatic rings. The van der Waals surface area contributed by atoms with Crippen molar-refractivity contribution < 1.29 is 0 Å². The summed E-state index contributed by atoms with van der Waals surface area (Å²) in [5, 5.41) is 5.90. The van der Waals surface area contributed by atoms with Crippen LogP contribution in [-0.4, -0.2) is 42.1 Å². The lowest BCUT2D eigenvalue weighted by Crippen LogP contribution is -2.41.